The summed E-state index contributed by atoms with van der Waals surface area (Å²) in [5, 5.41) is 14.8. The van der Waals surface area contributed by atoms with Gasteiger partial charge < -0.3 is 24.6 Å². The highest BCUT2D eigenvalue weighted by Gasteiger charge is 2.62. The van der Waals surface area contributed by atoms with Crippen LogP contribution in [0, 0.1) is 11.8 Å². The molecule has 7 atom stereocenters. The van der Waals surface area contributed by atoms with E-state index in [9.17, 15) is 14.7 Å². The topological polar surface area (TPSA) is 150 Å². The summed E-state index contributed by atoms with van der Waals surface area (Å²) in [5.41, 5.74) is 1.72. The summed E-state index contributed by atoms with van der Waals surface area (Å²) >= 11 is 0. The maximum atomic E-state index is 12.0. The number of ether oxygens (including phenoxy) is 3. The summed E-state index contributed by atoms with van der Waals surface area (Å²) in [5.74, 6) is -1.19. The number of hydrogen-bond donors (Lipinski definition) is 3. The van der Waals surface area contributed by atoms with Crippen LogP contribution in [0.5, 0.6) is 0 Å². The molecule has 0 bridgehead atoms. The number of aliphatic carboxylic acids is 1. The lowest BCUT2D eigenvalue weighted by Crippen LogP contribution is -2.31. The van der Waals surface area contributed by atoms with Gasteiger partial charge in [-0.05, 0) is 13.3 Å². The molecule has 35 heavy (non-hydrogen) atoms. The predicted molar refractivity (Wildman–Crippen MR) is 120 cm³/mol. The van der Waals surface area contributed by atoms with Crippen LogP contribution in [0.25, 0.3) is 11.2 Å². The lowest BCUT2D eigenvalue weighted by atomic mass is 10.1. The highest BCUT2D eigenvalue weighted by molar-refractivity contribution is 5.95. The maximum Gasteiger partial charge on any atom is 0.320 e. The minimum atomic E-state index is -0.834. The molecular formula is C23H24N6O6. The number of rotatable bonds is 6. The number of amides is 2. The number of carboxylic acids is 1. The van der Waals surface area contributed by atoms with Gasteiger partial charge in [0.2, 0.25) is 0 Å². The number of carboxylic acid groups (broad SMARTS) is 1. The molecule has 3 fully saturated rings. The molecule has 12 nitrogen and oxygen atoms in total. The van der Waals surface area contributed by atoms with E-state index in [1.165, 1.54) is 6.33 Å². The normalized spacial score (nSPS) is 31.3. The Labute approximate surface area is 199 Å². The van der Waals surface area contributed by atoms with E-state index in [0.717, 1.165) is 5.56 Å². The summed E-state index contributed by atoms with van der Waals surface area (Å²) in [7, 11) is 0. The molecule has 0 spiro atoms. The van der Waals surface area contributed by atoms with E-state index in [-0.39, 0.29) is 11.7 Å². The number of hydrogen-bond acceptors (Lipinski definition) is 8. The van der Waals surface area contributed by atoms with Crippen molar-refractivity contribution in [3.8, 4) is 0 Å². The van der Waals surface area contributed by atoms with Gasteiger partial charge in [-0.15, -0.1) is 0 Å². The second-order valence-electron chi connectivity index (χ2n) is 8.81. The second kappa shape index (κ2) is 8.56. The van der Waals surface area contributed by atoms with E-state index in [4.69, 9.17) is 14.2 Å². The van der Waals surface area contributed by atoms with Crippen molar-refractivity contribution in [1.82, 2.24) is 24.8 Å². The fourth-order valence-corrected chi connectivity index (χ4v) is 4.92. The number of nitrogens with zero attached hydrogens (tertiary/aromatic N) is 4. The smallest absolute Gasteiger partial charge is 0.320 e. The van der Waals surface area contributed by atoms with Crippen LogP contribution in [0.4, 0.5) is 10.6 Å². The van der Waals surface area contributed by atoms with Gasteiger partial charge in [-0.25, -0.2) is 19.7 Å². The van der Waals surface area contributed by atoms with E-state index in [0.29, 0.717) is 24.1 Å². The molecular weight excluding hydrogens is 456 g/mol. The Morgan fingerprint density at radius 3 is 2.63 bits per heavy atom. The van der Waals surface area contributed by atoms with Crippen molar-refractivity contribution in [2.75, 3.05) is 11.9 Å². The van der Waals surface area contributed by atoms with Crippen LogP contribution in [-0.2, 0) is 19.0 Å². The van der Waals surface area contributed by atoms with Crippen LogP contribution in [0.1, 0.15) is 31.4 Å². The van der Waals surface area contributed by atoms with Crippen molar-refractivity contribution in [2.24, 2.45) is 11.8 Å². The number of aromatic nitrogens is 4. The Balaban J connectivity index is 1.33. The summed E-state index contributed by atoms with van der Waals surface area (Å²) in [6, 6.07) is 9.18. The van der Waals surface area contributed by atoms with Crippen LogP contribution in [0.2, 0.25) is 0 Å². The Kier molecular flexibility index (Phi) is 5.35. The van der Waals surface area contributed by atoms with E-state index in [1.54, 1.807) is 10.9 Å². The zero-order valence-corrected chi connectivity index (χ0v) is 18.8. The number of imidazole rings is 1. The van der Waals surface area contributed by atoms with Gasteiger partial charge in [-0.3, -0.25) is 14.7 Å². The number of nitrogens with one attached hydrogen (secondary N) is 2. The van der Waals surface area contributed by atoms with Crippen molar-refractivity contribution >= 4 is 29.0 Å². The van der Waals surface area contributed by atoms with Crippen LogP contribution in [0.3, 0.4) is 0 Å². The molecule has 1 aliphatic carbocycles. The first kappa shape index (κ1) is 21.9. The van der Waals surface area contributed by atoms with Gasteiger partial charge in [0.05, 0.1) is 18.3 Å². The second-order valence-corrected chi connectivity index (χ2v) is 8.81. The number of carbonyl (C=O) groups is 2. The quantitative estimate of drug-likeness (QED) is 0.482. The number of carbonyl (C=O) groups excluding carboxylic acids is 1. The molecule has 2 aromatic heterocycles. The van der Waals surface area contributed by atoms with Crippen molar-refractivity contribution in [3.05, 3.63) is 48.5 Å². The number of urea groups is 1. The largest absolute Gasteiger partial charge is 0.481 e. The van der Waals surface area contributed by atoms with E-state index in [1.807, 2.05) is 37.3 Å². The fourth-order valence-electron chi connectivity index (χ4n) is 4.92. The van der Waals surface area contributed by atoms with Gasteiger partial charge in [-0.1, -0.05) is 30.3 Å². The zero-order chi connectivity index (χ0) is 24.1. The first-order valence-electron chi connectivity index (χ1n) is 11.5. The third-order valence-corrected chi connectivity index (χ3v) is 6.64. The average molecular weight is 480 g/mol. The van der Waals surface area contributed by atoms with Gasteiger partial charge in [0, 0.05) is 18.0 Å². The lowest BCUT2D eigenvalue weighted by Gasteiger charge is -2.21. The van der Waals surface area contributed by atoms with Crippen LogP contribution < -0.4 is 10.6 Å². The van der Waals surface area contributed by atoms with E-state index >= 15 is 0 Å². The van der Waals surface area contributed by atoms with E-state index in [2.05, 4.69) is 25.6 Å². The predicted octanol–water partition coefficient (Wildman–Crippen LogP) is 2.07. The third kappa shape index (κ3) is 3.79. The van der Waals surface area contributed by atoms with Crippen molar-refractivity contribution in [1.29, 1.82) is 0 Å². The van der Waals surface area contributed by atoms with Gasteiger partial charge >= 0.3 is 12.0 Å². The Bertz CT molecular complexity index is 1270. The SMILES string of the molecule is CCNC(=O)Nc1ncnc2c1ncn2C1OC(C2CC2C(=O)O)C2O[C@H](c3ccccc3)OC21. The molecule has 4 heterocycles. The average Bonchev–Trinajstić information content (AvgIpc) is 3.18. The highest BCUT2D eigenvalue weighted by Crippen LogP contribution is 2.53. The Morgan fingerprint density at radius 1 is 1.09 bits per heavy atom. The molecule has 3 aromatic rings. The molecule has 2 aliphatic heterocycles. The Morgan fingerprint density at radius 2 is 1.89 bits per heavy atom. The molecule has 182 valence electrons. The monoisotopic (exact) mass is 480 g/mol. The summed E-state index contributed by atoms with van der Waals surface area (Å²) in [4.78, 5) is 36.5. The zero-order valence-electron chi connectivity index (χ0n) is 18.8. The van der Waals surface area contributed by atoms with Gasteiger partial charge in [-0.2, -0.15) is 0 Å². The molecule has 1 aromatic carbocycles. The van der Waals surface area contributed by atoms with Gasteiger partial charge in [0.25, 0.3) is 0 Å². The molecule has 12 heteroatoms. The lowest BCUT2D eigenvalue weighted by molar-refractivity contribution is -0.153. The van der Waals surface area contributed by atoms with Crippen molar-refractivity contribution in [2.45, 2.75) is 44.2 Å². The van der Waals surface area contributed by atoms with Gasteiger partial charge in [0.15, 0.2) is 29.5 Å². The van der Waals surface area contributed by atoms with Crippen molar-refractivity contribution < 1.29 is 28.9 Å². The van der Waals surface area contributed by atoms with Crippen molar-refractivity contribution in [3.63, 3.8) is 0 Å². The number of fused-ring (bicyclic) bond motifs is 2. The molecule has 6 rings (SSSR count). The number of anilines is 1. The molecule has 6 unspecified atom stereocenters. The highest BCUT2D eigenvalue weighted by atomic mass is 16.8. The minimum Gasteiger partial charge on any atom is -0.481 e. The summed E-state index contributed by atoms with van der Waals surface area (Å²) in [6.45, 7) is 2.28. The molecule has 0 radical (unpaired) electrons. The van der Waals surface area contributed by atoms with Gasteiger partial charge in [0.1, 0.15) is 18.5 Å². The molecule has 2 saturated heterocycles. The third-order valence-electron chi connectivity index (χ3n) is 6.64. The van der Waals surface area contributed by atoms with Crippen LogP contribution >= 0.6 is 0 Å². The van der Waals surface area contributed by atoms with Crippen LogP contribution in [0.15, 0.2) is 43.0 Å². The first-order chi connectivity index (χ1) is 17.0. The molecule has 1 saturated carbocycles. The Hall–Kier alpha value is -3.61. The van der Waals surface area contributed by atoms with Crippen LogP contribution in [-0.4, -0.2) is 61.5 Å². The standard InChI is InChI=1S/C23H24N6O6/c1-2-24-23(32)28-18-14-19(26-9-25-18)29(10-27-14)20-17-16(15(33-20)12-8-13(12)21(30)31)34-22(35-17)11-6-4-3-5-7-11/h3-7,9-10,12-13,15-17,20,22H,2,8H2,1H3,(H,30,31)(H2,24,25,26,28,32)/t12?,13?,15?,16?,17?,20?,22-/m0/s1. The molecule has 3 aliphatic rings. The fraction of sp³-hybridized carbons (Fsp3) is 0.435. The number of benzene rings is 1. The summed E-state index contributed by atoms with van der Waals surface area (Å²) < 4.78 is 20.7. The minimum absolute atomic E-state index is 0.164. The molecule has 3 N–H and O–H groups in total. The molecule has 2 amide bonds. The van der Waals surface area contributed by atoms with E-state index < -0.39 is 48.7 Å². The maximum absolute atomic E-state index is 12.0. The first-order valence-corrected chi connectivity index (χ1v) is 11.5. The summed E-state index contributed by atoms with van der Waals surface area (Å²) in [6.07, 6.45) is 0.779.